The van der Waals surface area contributed by atoms with Crippen LogP contribution in [0, 0.1) is 0 Å². The largest absolute Gasteiger partial charge is 0.467 e. The van der Waals surface area contributed by atoms with Crippen molar-refractivity contribution in [3.8, 4) is 0 Å². The second-order valence-electron chi connectivity index (χ2n) is 4.47. The molecule has 2 aromatic carbocycles. The van der Waals surface area contributed by atoms with Crippen LogP contribution in [0.4, 0.5) is 0 Å². The molecule has 0 aromatic heterocycles. The first-order valence-corrected chi connectivity index (χ1v) is 6.36. The van der Waals surface area contributed by atoms with Gasteiger partial charge in [0.25, 0.3) is 0 Å². The predicted octanol–water partition coefficient (Wildman–Crippen LogP) is 3.76. The molecule has 2 nitrogen and oxygen atoms in total. The predicted molar refractivity (Wildman–Crippen MR) is 77.2 cm³/mol. The molecule has 0 fully saturated rings. The first kappa shape index (κ1) is 11.7. The molecule has 0 unspecified atom stereocenters. The molecular formula is C17H15NO. The lowest BCUT2D eigenvalue weighted by Gasteiger charge is -2.13. The number of nitrogens with zero attached hydrogens (tertiary/aromatic N) is 1. The van der Waals surface area contributed by atoms with Gasteiger partial charge in [-0.2, -0.15) is 0 Å². The molecule has 0 saturated carbocycles. The van der Waals surface area contributed by atoms with E-state index in [4.69, 9.17) is 9.73 Å². The molecule has 0 radical (unpaired) electrons. The molecule has 3 rings (SSSR count). The number of benzene rings is 2. The molecule has 94 valence electrons. The van der Waals surface area contributed by atoms with Gasteiger partial charge < -0.3 is 4.74 Å². The second kappa shape index (κ2) is 5.11. The van der Waals surface area contributed by atoms with Crippen molar-refractivity contribution in [3.05, 3.63) is 84.4 Å². The Morgan fingerprint density at radius 2 is 1.58 bits per heavy atom. The van der Waals surface area contributed by atoms with E-state index < -0.39 is 0 Å². The third kappa shape index (κ3) is 2.29. The van der Waals surface area contributed by atoms with E-state index in [0.29, 0.717) is 5.90 Å². The molecule has 1 heterocycles. The van der Waals surface area contributed by atoms with Crippen LogP contribution in [0.2, 0.25) is 0 Å². The highest BCUT2D eigenvalue weighted by Gasteiger charge is 2.30. The number of rotatable bonds is 3. The van der Waals surface area contributed by atoms with E-state index in [0.717, 1.165) is 11.1 Å². The molecule has 0 saturated heterocycles. The van der Waals surface area contributed by atoms with Gasteiger partial charge in [0, 0.05) is 5.56 Å². The molecule has 2 atom stereocenters. The van der Waals surface area contributed by atoms with Crippen LogP contribution in [0.25, 0.3) is 0 Å². The average Bonchev–Trinajstić information content (AvgIpc) is 2.93. The Hall–Kier alpha value is -2.35. The van der Waals surface area contributed by atoms with Gasteiger partial charge in [0.15, 0.2) is 0 Å². The van der Waals surface area contributed by atoms with E-state index in [1.807, 2.05) is 54.6 Å². The summed E-state index contributed by atoms with van der Waals surface area (Å²) in [5, 5.41) is 0. The number of ether oxygens (including phenoxy) is 1. The summed E-state index contributed by atoms with van der Waals surface area (Å²) in [5.74, 6) is 0.694. The van der Waals surface area contributed by atoms with E-state index in [-0.39, 0.29) is 12.1 Å². The normalized spacial score (nSPS) is 21.6. The van der Waals surface area contributed by atoms with Crippen LogP contribution in [-0.4, -0.2) is 12.0 Å². The molecule has 0 bridgehead atoms. The summed E-state index contributed by atoms with van der Waals surface area (Å²) in [6, 6.07) is 20.1. The molecule has 1 aliphatic rings. The Labute approximate surface area is 113 Å². The monoisotopic (exact) mass is 249 g/mol. The highest BCUT2D eigenvalue weighted by atomic mass is 16.5. The van der Waals surface area contributed by atoms with Crippen LogP contribution in [0.5, 0.6) is 0 Å². The smallest absolute Gasteiger partial charge is 0.217 e. The zero-order valence-corrected chi connectivity index (χ0v) is 10.6. The van der Waals surface area contributed by atoms with E-state index in [1.54, 1.807) is 0 Å². The van der Waals surface area contributed by atoms with E-state index in [9.17, 15) is 0 Å². The third-order valence-electron chi connectivity index (χ3n) is 3.21. The van der Waals surface area contributed by atoms with Crippen molar-refractivity contribution >= 4 is 5.90 Å². The number of hydrogen-bond donors (Lipinski definition) is 0. The fourth-order valence-electron chi connectivity index (χ4n) is 2.24. The van der Waals surface area contributed by atoms with E-state index >= 15 is 0 Å². The lowest BCUT2D eigenvalue weighted by molar-refractivity contribution is 0.243. The molecule has 0 spiro atoms. The Kier molecular flexibility index (Phi) is 3.15. The molecule has 2 heteroatoms. The minimum atomic E-state index is -0.0994. The summed E-state index contributed by atoms with van der Waals surface area (Å²) in [6.07, 6.45) is 1.72. The topological polar surface area (TPSA) is 21.6 Å². The Morgan fingerprint density at radius 1 is 0.947 bits per heavy atom. The van der Waals surface area contributed by atoms with Gasteiger partial charge in [-0.1, -0.05) is 55.1 Å². The van der Waals surface area contributed by atoms with Gasteiger partial charge in [-0.25, -0.2) is 4.99 Å². The minimum absolute atomic E-state index is 0.00564. The minimum Gasteiger partial charge on any atom is -0.467 e. The van der Waals surface area contributed by atoms with Crippen molar-refractivity contribution in [1.82, 2.24) is 0 Å². The van der Waals surface area contributed by atoms with Crippen molar-refractivity contribution in [2.45, 2.75) is 12.1 Å². The highest BCUT2D eigenvalue weighted by molar-refractivity contribution is 5.95. The van der Waals surface area contributed by atoms with Crippen LogP contribution >= 0.6 is 0 Å². The quantitative estimate of drug-likeness (QED) is 0.759. The van der Waals surface area contributed by atoms with Crippen molar-refractivity contribution in [3.63, 3.8) is 0 Å². The summed E-state index contributed by atoms with van der Waals surface area (Å²) in [5.41, 5.74) is 2.16. The second-order valence-corrected chi connectivity index (χ2v) is 4.47. The maximum absolute atomic E-state index is 5.90. The standard InChI is InChI=1S/C17H15NO/c1-2-15-16(13-9-5-3-6-10-13)18-17(19-15)14-11-7-4-8-12-14/h2-12,15-16H,1H2/t15-,16+/m1/s1. The van der Waals surface area contributed by atoms with Gasteiger partial charge in [-0.15, -0.1) is 0 Å². The van der Waals surface area contributed by atoms with E-state index in [2.05, 4.69) is 18.7 Å². The van der Waals surface area contributed by atoms with Gasteiger partial charge in [0.2, 0.25) is 5.90 Å². The van der Waals surface area contributed by atoms with Crippen molar-refractivity contribution in [2.24, 2.45) is 4.99 Å². The van der Waals surface area contributed by atoms with Gasteiger partial charge >= 0.3 is 0 Å². The molecule has 0 N–H and O–H groups in total. The van der Waals surface area contributed by atoms with Gasteiger partial charge in [-0.05, 0) is 23.8 Å². The fourth-order valence-corrected chi connectivity index (χ4v) is 2.24. The zero-order chi connectivity index (χ0) is 13.1. The zero-order valence-electron chi connectivity index (χ0n) is 10.6. The highest BCUT2D eigenvalue weighted by Crippen LogP contribution is 2.31. The fraction of sp³-hybridized carbons (Fsp3) is 0.118. The van der Waals surface area contributed by atoms with Crippen LogP contribution in [0.3, 0.4) is 0 Å². The third-order valence-corrected chi connectivity index (χ3v) is 3.21. The number of hydrogen-bond acceptors (Lipinski definition) is 2. The number of aliphatic imine (C=N–C) groups is 1. The molecule has 0 amide bonds. The summed E-state index contributed by atoms with van der Waals surface area (Å²) in [7, 11) is 0. The summed E-state index contributed by atoms with van der Waals surface area (Å²) in [4.78, 5) is 4.70. The lowest BCUT2D eigenvalue weighted by atomic mass is 10.0. The van der Waals surface area contributed by atoms with Gasteiger partial charge in [-0.3, -0.25) is 0 Å². The molecule has 2 aromatic rings. The average molecular weight is 249 g/mol. The molecule has 19 heavy (non-hydrogen) atoms. The lowest BCUT2D eigenvalue weighted by Crippen LogP contribution is -2.13. The van der Waals surface area contributed by atoms with Crippen LogP contribution in [-0.2, 0) is 4.74 Å². The Balaban J connectivity index is 1.96. The van der Waals surface area contributed by atoms with Crippen molar-refractivity contribution < 1.29 is 4.74 Å². The van der Waals surface area contributed by atoms with Crippen molar-refractivity contribution in [2.75, 3.05) is 0 Å². The molecule has 1 aliphatic heterocycles. The summed E-state index contributed by atoms with van der Waals surface area (Å²) >= 11 is 0. The molecule has 0 aliphatic carbocycles. The van der Waals surface area contributed by atoms with Crippen LogP contribution in [0.15, 0.2) is 78.3 Å². The SMILES string of the molecule is C=C[C@H]1OC(c2ccccc2)=N[C@H]1c1ccccc1. The Morgan fingerprint density at radius 3 is 2.21 bits per heavy atom. The van der Waals surface area contributed by atoms with E-state index in [1.165, 1.54) is 0 Å². The summed E-state index contributed by atoms with van der Waals surface area (Å²) in [6.45, 7) is 3.85. The maximum atomic E-state index is 5.90. The molecular weight excluding hydrogens is 234 g/mol. The van der Waals surface area contributed by atoms with Crippen LogP contribution in [0.1, 0.15) is 17.2 Å². The van der Waals surface area contributed by atoms with Crippen molar-refractivity contribution in [1.29, 1.82) is 0 Å². The van der Waals surface area contributed by atoms with Gasteiger partial charge in [0.1, 0.15) is 12.1 Å². The Bertz CT molecular complexity index is 589. The van der Waals surface area contributed by atoms with Gasteiger partial charge in [0.05, 0.1) is 0 Å². The first-order chi connectivity index (χ1) is 9.38. The van der Waals surface area contributed by atoms with Crippen LogP contribution < -0.4 is 0 Å². The first-order valence-electron chi connectivity index (χ1n) is 6.36. The maximum Gasteiger partial charge on any atom is 0.217 e. The summed E-state index contributed by atoms with van der Waals surface area (Å²) < 4.78 is 5.90.